The van der Waals surface area contributed by atoms with Crippen molar-refractivity contribution in [2.24, 2.45) is 0 Å². The summed E-state index contributed by atoms with van der Waals surface area (Å²) in [6, 6.07) is 13.6. The molecule has 3 aromatic carbocycles. The van der Waals surface area contributed by atoms with Crippen molar-refractivity contribution in [1.29, 1.82) is 0 Å². The summed E-state index contributed by atoms with van der Waals surface area (Å²) in [5.41, 5.74) is -1.63. The molecule has 1 amide bonds. The Bertz CT molecular complexity index is 1590. The van der Waals surface area contributed by atoms with E-state index in [4.69, 9.17) is 23.2 Å². The second-order valence-electron chi connectivity index (χ2n) is 9.30. The zero-order valence-electron chi connectivity index (χ0n) is 21.1. The number of carbonyl (C=O) groups excluding carboxylic acids is 1. The molecule has 1 atom stereocenters. The number of likely N-dealkylation sites (N-methyl/N-ethyl adjacent to an activating group) is 1. The first-order valence-corrected chi connectivity index (χ1v) is 12.5. The maximum absolute atomic E-state index is 14.2. The van der Waals surface area contributed by atoms with Gasteiger partial charge >= 0.3 is 12.1 Å². The van der Waals surface area contributed by atoms with E-state index in [1.54, 1.807) is 31.2 Å². The number of halogens is 5. The molecule has 3 N–H and O–H groups in total. The van der Waals surface area contributed by atoms with Gasteiger partial charge in [-0.15, -0.1) is 0 Å². The highest BCUT2D eigenvalue weighted by atomic mass is 35.5. The van der Waals surface area contributed by atoms with Crippen molar-refractivity contribution >= 4 is 51.7 Å². The number of rotatable bonds is 8. The van der Waals surface area contributed by atoms with Crippen LogP contribution < -0.4 is 5.32 Å². The largest absolute Gasteiger partial charge is 0.478 e. The average molecular weight is 595 g/mol. The zero-order valence-corrected chi connectivity index (χ0v) is 22.6. The third kappa shape index (κ3) is 5.72. The Kier molecular flexibility index (Phi) is 8.02. The number of nitrogens with zero attached hydrogens (tertiary/aromatic N) is 3. The fourth-order valence-electron chi connectivity index (χ4n) is 4.23. The van der Waals surface area contributed by atoms with Gasteiger partial charge in [0, 0.05) is 18.1 Å². The molecule has 1 heterocycles. The number of carboxylic acids is 1. The molecule has 0 saturated heterocycles. The molecule has 210 valence electrons. The fourth-order valence-corrected chi connectivity index (χ4v) is 4.79. The number of hydrogen-bond acceptors (Lipinski definition) is 5. The first-order valence-electron chi connectivity index (χ1n) is 11.8. The Labute approximate surface area is 236 Å². The number of alkyl halides is 3. The molecule has 8 nitrogen and oxygen atoms in total. The number of nitrogens with one attached hydrogen (secondary N) is 1. The van der Waals surface area contributed by atoms with Crippen LogP contribution >= 0.6 is 23.2 Å². The van der Waals surface area contributed by atoms with Gasteiger partial charge in [-0.1, -0.05) is 35.3 Å². The van der Waals surface area contributed by atoms with Gasteiger partial charge < -0.3 is 20.4 Å². The van der Waals surface area contributed by atoms with Gasteiger partial charge in [0.05, 0.1) is 51.7 Å². The first kappa shape index (κ1) is 29.2. The molecule has 0 fully saturated rings. The molecule has 0 aliphatic carbocycles. The summed E-state index contributed by atoms with van der Waals surface area (Å²) < 4.78 is 44.0. The van der Waals surface area contributed by atoms with Crippen LogP contribution in [0.15, 0.2) is 60.8 Å². The van der Waals surface area contributed by atoms with Gasteiger partial charge in [-0.05, 0) is 55.0 Å². The van der Waals surface area contributed by atoms with Crippen molar-refractivity contribution in [2.75, 3.05) is 25.5 Å². The summed E-state index contributed by atoms with van der Waals surface area (Å²) in [6.07, 6.45) is -3.70. The molecule has 1 unspecified atom stereocenters. The van der Waals surface area contributed by atoms with E-state index in [2.05, 4.69) is 10.4 Å². The van der Waals surface area contributed by atoms with Gasteiger partial charge in [0.2, 0.25) is 0 Å². The normalized spacial score (nSPS) is 13.2. The number of carboxylic acid groups (broad SMARTS) is 1. The lowest BCUT2D eigenvalue weighted by atomic mass is 10.0. The number of benzene rings is 3. The van der Waals surface area contributed by atoms with Crippen molar-refractivity contribution in [2.45, 2.75) is 18.7 Å². The molecule has 4 rings (SSSR count). The molecule has 4 aromatic rings. The molecule has 13 heteroatoms. The minimum Gasteiger partial charge on any atom is -0.478 e. The van der Waals surface area contributed by atoms with Crippen LogP contribution in [0.4, 0.5) is 18.9 Å². The average Bonchev–Trinajstić information content (AvgIpc) is 3.30. The van der Waals surface area contributed by atoms with Crippen molar-refractivity contribution in [3.05, 3.63) is 87.5 Å². The number of hydrogen-bond donors (Lipinski definition) is 3. The van der Waals surface area contributed by atoms with E-state index in [-0.39, 0.29) is 26.9 Å². The Hall–Kier alpha value is -3.80. The van der Waals surface area contributed by atoms with E-state index in [9.17, 15) is 33.0 Å². The molecule has 0 aliphatic heterocycles. The fraction of sp³-hybridized carbons (Fsp3) is 0.222. The predicted molar refractivity (Wildman–Crippen MR) is 146 cm³/mol. The van der Waals surface area contributed by atoms with Gasteiger partial charge in [-0.25, -0.2) is 9.48 Å². The van der Waals surface area contributed by atoms with Crippen LogP contribution in [0, 0.1) is 6.92 Å². The van der Waals surface area contributed by atoms with Gasteiger partial charge in [-0.3, -0.25) is 4.79 Å². The molecular weight excluding hydrogens is 572 g/mol. The van der Waals surface area contributed by atoms with Crippen molar-refractivity contribution in [3.63, 3.8) is 0 Å². The van der Waals surface area contributed by atoms with Gasteiger partial charge in [0.15, 0.2) is 5.60 Å². The van der Waals surface area contributed by atoms with E-state index in [1.165, 1.54) is 41.2 Å². The van der Waals surface area contributed by atoms with Crippen molar-refractivity contribution in [1.82, 2.24) is 14.7 Å². The van der Waals surface area contributed by atoms with Crippen LogP contribution in [0.2, 0.25) is 10.0 Å². The van der Waals surface area contributed by atoms with Crippen LogP contribution in [-0.4, -0.2) is 68.7 Å². The van der Waals surface area contributed by atoms with Gasteiger partial charge in [0.1, 0.15) is 0 Å². The number of fused-ring (bicyclic) bond motifs is 1. The van der Waals surface area contributed by atoms with Crippen molar-refractivity contribution < 1.29 is 33.0 Å². The second-order valence-corrected chi connectivity index (χ2v) is 10.1. The SMILES string of the molecule is Cc1cc(NCC(O)(CN(C)C(=O)c2c(Cl)cccc2Cl)C(F)(F)F)c2cnn(-c3cccc(C(=O)O)c3)c2c1. The van der Waals surface area contributed by atoms with E-state index in [1.807, 2.05) is 0 Å². The number of aryl methyl sites for hydroxylation is 1. The summed E-state index contributed by atoms with van der Waals surface area (Å²) in [4.78, 5) is 25.0. The predicted octanol–water partition coefficient (Wildman–Crippen LogP) is 5.82. The highest BCUT2D eigenvalue weighted by Gasteiger charge is 2.54. The number of anilines is 1. The van der Waals surface area contributed by atoms with E-state index < -0.39 is 36.7 Å². The lowest BCUT2D eigenvalue weighted by Crippen LogP contribution is -2.58. The smallest absolute Gasteiger partial charge is 0.420 e. The van der Waals surface area contributed by atoms with E-state index >= 15 is 0 Å². The van der Waals surface area contributed by atoms with Gasteiger partial charge in [0.25, 0.3) is 5.91 Å². The first-order chi connectivity index (χ1) is 18.7. The molecule has 0 saturated carbocycles. The standard InChI is InChI=1S/C27H23Cl2F3N4O4/c1-15-9-21(18-12-34-36(22(18)10-15)17-6-3-5-16(11-17)25(38)39)33-13-26(40,27(30,31)32)14-35(2)24(37)23-19(28)7-4-8-20(23)29/h3-12,33,40H,13-14H2,1-2H3,(H,38,39). The van der Waals surface area contributed by atoms with Crippen LogP contribution in [0.1, 0.15) is 26.3 Å². The molecule has 0 aliphatic rings. The van der Waals surface area contributed by atoms with Crippen LogP contribution in [0.25, 0.3) is 16.6 Å². The van der Waals surface area contributed by atoms with Crippen molar-refractivity contribution in [3.8, 4) is 5.69 Å². The Balaban J connectivity index is 1.64. The topological polar surface area (TPSA) is 108 Å². The zero-order chi connectivity index (χ0) is 29.4. The number of aromatic nitrogens is 2. The molecule has 0 radical (unpaired) electrons. The molecule has 40 heavy (non-hydrogen) atoms. The molecule has 0 spiro atoms. The van der Waals surface area contributed by atoms with E-state index in [0.717, 1.165) is 7.05 Å². The third-order valence-electron chi connectivity index (χ3n) is 6.29. The summed E-state index contributed by atoms with van der Waals surface area (Å²) in [6.45, 7) is -0.381. The number of amides is 1. The molecule has 0 bridgehead atoms. The van der Waals surface area contributed by atoms with Crippen LogP contribution in [0.5, 0.6) is 0 Å². The monoisotopic (exact) mass is 594 g/mol. The van der Waals surface area contributed by atoms with Gasteiger partial charge in [-0.2, -0.15) is 18.3 Å². The Morgan fingerprint density at radius 3 is 2.35 bits per heavy atom. The summed E-state index contributed by atoms with van der Waals surface area (Å²) in [7, 11) is 1.11. The lowest BCUT2D eigenvalue weighted by Gasteiger charge is -2.34. The summed E-state index contributed by atoms with van der Waals surface area (Å²) >= 11 is 12.1. The third-order valence-corrected chi connectivity index (χ3v) is 6.92. The van der Waals surface area contributed by atoms with Crippen LogP contribution in [-0.2, 0) is 0 Å². The summed E-state index contributed by atoms with van der Waals surface area (Å²) in [5, 5.41) is 27.4. The maximum atomic E-state index is 14.2. The quantitative estimate of drug-likeness (QED) is 0.237. The number of aromatic carboxylic acids is 1. The highest BCUT2D eigenvalue weighted by molar-refractivity contribution is 6.39. The summed E-state index contributed by atoms with van der Waals surface area (Å²) in [5.74, 6) is -2.01. The Morgan fingerprint density at radius 2 is 1.73 bits per heavy atom. The minimum atomic E-state index is -5.12. The second kappa shape index (κ2) is 11.0. The highest BCUT2D eigenvalue weighted by Crippen LogP contribution is 2.34. The van der Waals surface area contributed by atoms with E-state index in [0.29, 0.717) is 27.1 Å². The molecule has 1 aromatic heterocycles. The lowest BCUT2D eigenvalue weighted by molar-refractivity contribution is -0.256. The number of carbonyl (C=O) groups is 2. The minimum absolute atomic E-state index is 0.0360. The van der Waals surface area contributed by atoms with Crippen LogP contribution in [0.3, 0.4) is 0 Å². The Morgan fingerprint density at radius 1 is 1.07 bits per heavy atom. The number of aliphatic hydroxyl groups is 1. The maximum Gasteiger partial charge on any atom is 0.420 e. The molecular formula is C27H23Cl2F3N4O4.